The zero-order valence-corrected chi connectivity index (χ0v) is 17.1. The lowest BCUT2D eigenvalue weighted by Crippen LogP contribution is -2.44. The average molecular weight is 361 g/mol. The molecule has 0 radical (unpaired) electrons. The molecule has 5 heteroatoms. The van der Waals surface area contributed by atoms with Crippen LogP contribution in [0, 0.1) is 0 Å². The Balaban J connectivity index is 1.90. The van der Waals surface area contributed by atoms with E-state index in [4.69, 9.17) is 9.73 Å². The van der Waals surface area contributed by atoms with Gasteiger partial charge >= 0.3 is 0 Å². The lowest BCUT2D eigenvalue weighted by Gasteiger charge is -2.35. The molecular weight excluding hydrogens is 324 g/mol. The Morgan fingerprint density at radius 3 is 2.35 bits per heavy atom. The third-order valence-corrected chi connectivity index (χ3v) is 4.68. The van der Waals surface area contributed by atoms with Crippen LogP contribution in [0.1, 0.15) is 52.2 Å². The van der Waals surface area contributed by atoms with Crippen molar-refractivity contribution in [3.63, 3.8) is 0 Å². The molecular formula is C21H36N4O. The van der Waals surface area contributed by atoms with Crippen molar-refractivity contribution in [2.75, 3.05) is 19.6 Å². The molecule has 1 aliphatic heterocycles. The van der Waals surface area contributed by atoms with E-state index in [9.17, 15) is 0 Å². The first-order chi connectivity index (χ1) is 12.5. The van der Waals surface area contributed by atoms with Gasteiger partial charge in [-0.3, -0.25) is 4.90 Å². The number of nitrogens with one attached hydrogen (secondary N) is 2. The topological polar surface area (TPSA) is 48.9 Å². The van der Waals surface area contributed by atoms with Gasteiger partial charge < -0.3 is 15.4 Å². The van der Waals surface area contributed by atoms with Gasteiger partial charge in [0.25, 0.3) is 0 Å². The standard InChI is InChI=1S/C21H36N4O/c1-6-16(3)24-21(22-7-2)23-12-19-8-10-20(11-9-19)15-25-13-17(4)26-18(5)14-25/h8-11,16-18H,6-7,12-15H2,1-5H3,(H2,22,23,24). The summed E-state index contributed by atoms with van der Waals surface area (Å²) in [6, 6.07) is 9.27. The molecule has 0 amide bonds. The molecule has 1 aliphatic rings. The van der Waals surface area contributed by atoms with Crippen molar-refractivity contribution in [3.8, 4) is 0 Å². The maximum Gasteiger partial charge on any atom is 0.191 e. The Hall–Kier alpha value is -1.59. The van der Waals surface area contributed by atoms with Gasteiger partial charge in [0.15, 0.2) is 5.96 Å². The van der Waals surface area contributed by atoms with Crippen molar-refractivity contribution in [1.82, 2.24) is 15.5 Å². The highest BCUT2D eigenvalue weighted by Crippen LogP contribution is 2.15. The fraction of sp³-hybridized carbons (Fsp3) is 0.667. The first-order valence-electron chi connectivity index (χ1n) is 10.0. The van der Waals surface area contributed by atoms with Crippen LogP contribution in [-0.4, -0.2) is 48.7 Å². The van der Waals surface area contributed by atoms with E-state index in [1.54, 1.807) is 0 Å². The summed E-state index contributed by atoms with van der Waals surface area (Å²) in [6.07, 6.45) is 1.71. The Morgan fingerprint density at radius 2 is 1.77 bits per heavy atom. The summed E-state index contributed by atoms with van der Waals surface area (Å²) < 4.78 is 5.81. The molecule has 0 bridgehead atoms. The van der Waals surface area contributed by atoms with Gasteiger partial charge in [0.2, 0.25) is 0 Å². The molecule has 2 N–H and O–H groups in total. The van der Waals surface area contributed by atoms with Crippen molar-refractivity contribution >= 4 is 5.96 Å². The highest BCUT2D eigenvalue weighted by Gasteiger charge is 2.21. The van der Waals surface area contributed by atoms with Gasteiger partial charge in [-0.15, -0.1) is 0 Å². The van der Waals surface area contributed by atoms with Crippen LogP contribution in [0.4, 0.5) is 0 Å². The Labute approximate surface area is 159 Å². The second-order valence-corrected chi connectivity index (χ2v) is 7.42. The van der Waals surface area contributed by atoms with Crippen molar-refractivity contribution in [2.24, 2.45) is 4.99 Å². The molecule has 146 valence electrons. The lowest BCUT2D eigenvalue weighted by atomic mass is 10.1. The number of hydrogen-bond acceptors (Lipinski definition) is 3. The van der Waals surface area contributed by atoms with Crippen LogP contribution in [0.5, 0.6) is 0 Å². The van der Waals surface area contributed by atoms with Gasteiger partial charge in [0, 0.05) is 32.2 Å². The summed E-state index contributed by atoms with van der Waals surface area (Å²) >= 11 is 0. The molecule has 1 aromatic carbocycles. The fourth-order valence-corrected chi connectivity index (χ4v) is 3.25. The molecule has 0 aromatic heterocycles. The molecule has 3 atom stereocenters. The second kappa shape index (κ2) is 10.5. The van der Waals surface area contributed by atoms with Gasteiger partial charge in [-0.25, -0.2) is 4.99 Å². The van der Waals surface area contributed by atoms with E-state index in [2.05, 4.69) is 74.4 Å². The molecule has 2 rings (SSSR count). The van der Waals surface area contributed by atoms with Crippen LogP contribution in [0.25, 0.3) is 0 Å². The molecule has 3 unspecified atom stereocenters. The predicted molar refractivity (Wildman–Crippen MR) is 109 cm³/mol. The third-order valence-electron chi connectivity index (χ3n) is 4.68. The van der Waals surface area contributed by atoms with Gasteiger partial charge in [-0.2, -0.15) is 0 Å². The highest BCUT2D eigenvalue weighted by molar-refractivity contribution is 5.80. The van der Waals surface area contributed by atoms with E-state index in [1.807, 2.05) is 0 Å². The molecule has 0 aliphatic carbocycles. The minimum absolute atomic E-state index is 0.315. The number of hydrogen-bond donors (Lipinski definition) is 2. The largest absolute Gasteiger partial charge is 0.373 e. The number of guanidine groups is 1. The van der Waals surface area contributed by atoms with E-state index in [0.717, 1.165) is 38.6 Å². The SMILES string of the molecule is CCNC(=NCc1ccc(CN2CC(C)OC(C)C2)cc1)NC(C)CC. The maximum atomic E-state index is 5.81. The normalized spacial score (nSPS) is 22.9. The number of morpholine rings is 1. The highest BCUT2D eigenvalue weighted by atomic mass is 16.5. The number of ether oxygens (including phenoxy) is 1. The summed E-state index contributed by atoms with van der Waals surface area (Å²) in [5.41, 5.74) is 2.59. The van der Waals surface area contributed by atoms with Crippen LogP contribution in [0.3, 0.4) is 0 Å². The van der Waals surface area contributed by atoms with Crippen LogP contribution in [-0.2, 0) is 17.8 Å². The molecule has 5 nitrogen and oxygen atoms in total. The first-order valence-corrected chi connectivity index (χ1v) is 10.0. The number of nitrogens with zero attached hydrogens (tertiary/aromatic N) is 2. The zero-order valence-electron chi connectivity index (χ0n) is 17.1. The summed E-state index contributed by atoms with van der Waals surface area (Å²) in [6.45, 7) is 15.3. The molecule has 1 fully saturated rings. The third kappa shape index (κ3) is 6.96. The monoisotopic (exact) mass is 360 g/mol. The van der Waals surface area contributed by atoms with Crippen LogP contribution < -0.4 is 10.6 Å². The summed E-state index contributed by atoms with van der Waals surface area (Å²) in [7, 11) is 0. The van der Waals surface area contributed by atoms with Crippen LogP contribution in [0.2, 0.25) is 0 Å². The minimum Gasteiger partial charge on any atom is -0.373 e. The molecule has 1 heterocycles. The van der Waals surface area contributed by atoms with Gasteiger partial charge in [0.1, 0.15) is 0 Å². The zero-order chi connectivity index (χ0) is 18.9. The van der Waals surface area contributed by atoms with E-state index < -0.39 is 0 Å². The Morgan fingerprint density at radius 1 is 1.15 bits per heavy atom. The molecule has 1 saturated heterocycles. The molecule has 0 saturated carbocycles. The lowest BCUT2D eigenvalue weighted by molar-refractivity contribution is -0.0704. The Kier molecular flexibility index (Phi) is 8.39. The van der Waals surface area contributed by atoms with Crippen molar-refractivity contribution in [2.45, 2.75) is 72.4 Å². The predicted octanol–water partition coefficient (Wildman–Crippen LogP) is 3.15. The van der Waals surface area contributed by atoms with E-state index in [1.165, 1.54) is 11.1 Å². The van der Waals surface area contributed by atoms with Crippen molar-refractivity contribution in [3.05, 3.63) is 35.4 Å². The van der Waals surface area contributed by atoms with Gasteiger partial charge in [0.05, 0.1) is 18.8 Å². The van der Waals surface area contributed by atoms with E-state index in [0.29, 0.717) is 24.8 Å². The smallest absolute Gasteiger partial charge is 0.191 e. The van der Waals surface area contributed by atoms with E-state index >= 15 is 0 Å². The summed E-state index contributed by atoms with van der Waals surface area (Å²) in [5.74, 6) is 0.891. The van der Waals surface area contributed by atoms with Crippen molar-refractivity contribution < 1.29 is 4.74 Å². The maximum absolute atomic E-state index is 5.81. The first kappa shape index (κ1) is 20.7. The minimum atomic E-state index is 0.315. The fourth-order valence-electron chi connectivity index (χ4n) is 3.25. The quantitative estimate of drug-likeness (QED) is 0.579. The summed E-state index contributed by atoms with van der Waals surface area (Å²) in [5, 5.41) is 6.74. The van der Waals surface area contributed by atoms with Crippen molar-refractivity contribution in [1.29, 1.82) is 0 Å². The number of aliphatic imine (C=N–C) groups is 1. The summed E-state index contributed by atoms with van der Waals surface area (Å²) in [4.78, 5) is 7.18. The van der Waals surface area contributed by atoms with Gasteiger partial charge in [-0.1, -0.05) is 31.2 Å². The Bertz CT molecular complexity index is 548. The molecule has 0 spiro atoms. The number of benzene rings is 1. The van der Waals surface area contributed by atoms with Crippen LogP contribution in [0.15, 0.2) is 29.3 Å². The van der Waals surface area contributed by atoms with Crippen LogP contribution >= 0.6 is 0 Å². The van der Waals surface area contributed by atoms with Gasteiger partial charge in [-0.05, 0) is 45.2 Å². The molecule has 1 aromatic rings. The molecule has 26 heavy (non-hydrogen) atoms. The second-order valence-electron chi connectivity index (χ2n) is 7.42. The van der Waals surface area contributed by atoms with E-state index in [-0.39, 0.29) is 0 Å². The number of rotatable bonds is 7. The average Bonchev–Trinajstić information content (AvgIpc) is 2.60.